The molecule has 1 saturated carbocycles. The predicted octanol–water partition coefficient (Wildman–Crippen LogP) is 7.11. The van der Waals surface area contributed by atoms with Crippen LogP contribution in [0.4, 0.5) is 4.39 Å². The standard InChI is InChI=1S/C33H42FNO5/c1-18-22-13-10-14-39-29(22)26(34)15-23(18)27-19(2)24-16-35(31(36)21-11-8-7-9-12-21)17-25(24)20(3)28(27)30(32(37)38)40-33(4,5)6/h15,21,30H,7-14,16-17H2,1-6H3,(H,37,38)/t30-/m0/s1. The Morgan fingerprint density at radius 1 is 1.00 bits per heavy atom. The Balaban J connectivity index is 1.71. The minimum absolute atomic E-state index is 0.0515. The van der Waals surface area contributed by atoms with Crippen molar-refractivity contribution in [3.05, 3.63) is 50.8 Å². The molecule has 1 fully saturated rings. The van der Waals surface area contributed by atoms with Crippen molar-refractivity contribution >= 4 is 11.9 Å². The first kappa shape index (κ1) is 28.6. The molecule has 7 heteroatoms. The van der Waals surface area contributed by atoms with Crippen LogP contribution in [0.2, 0.25) is 0 Å². The van der Waals surface area contributed by atoms with E-state index in [2.05, 4.69) is 0 Å². The van der Waals surface area contributed by atoms with Crippen molar-refractivity contribution in [3.8, 4) is 16.9 Å². The van der Waals surface area contributed by atoms with Crippen LogP contribution in [0.5, 0.6) is 5.75 Å². The number of aliphatic carboxylic acids is 1. The van der Waals surface area contributed by atoms with E-state index >= 15 is 4.39 Å². The summed E-state index contributed by atoms with van der Waals surface area (Å²) in [5.41, 5.74) is 6.63. The molecule has 1 N–H and O–H groups in total. The van der Waals surface area contributed by atoms with Crippen molar-refractivity contribution in [2.75, 3.05) is 6.61 Å². The third-order valence-electron chi connectivity index (χ3n) is 8.95. The van der Waals surface area contributed by atoms with Gasteiger partial charge >= 0.3 is 5.97 Å². The van der Waals surface area contributed by atoms with Crippen LogP contribution in [0.1, 0.15) is 104 Å². The Hall–Kier alpha value is -2.93. The molecule has 2 heterocycles. The van der Waals surface area contributed by atoms with Gasteiger partial charge in [-0.05, 0) is 112 Å². The Morgan fingerprint density at radius 3 is 2.27 bits per heavy atom. The van der Waals surface area contributed by atoms with Crippen LogP contribution in [-0.2, 0) is 33.8 Å². The first-order valence-corrected chi connectivity index (χ1v) is 14.7. The summed E-state index contributed by atoms with van der Waals surface area (Å²) < 4.78 is 27.4. The number of nitrogens with zero attached hydrogens (tertiary/aromatic N) is 1. The van der Waals surface area contributed by atoms with Crippen molar-refractivity contribution < 1.29 is 28.6 Å². The average molecular weight is 552 g/mol. The average Bonchev–Trinajstić information content (AvgIpc) is 3.37. The van der Waals surface area contributed by atoms with E-state index in [0.29, 0.717) is 48.6 Å². The van der Waals surface area contributed by atoms with Gasteiger partial charge in [-0.2, -0.15) is 0 Å². The second-order valence-electron chi connectivity index (χ2n) is 12.8. The van der Waals surface area contributed by atoms with Crippen LogP contribution < -0.4 is 4.74 Å². The molecule has 3 aliphatic rings. The maximum atomic E-state index is 15.5. The van der Waals surface area contributed by atoms with Gasteiger partial charge in [-0.25, -0.2) is 9.18 Å². The number of benzene rings is 2. The van der Waals surface area contributed by atoms with E-state index in [1.165, 1.54) is 12.5 Å². The summed E-state index contributed by atoms with van der Waals surface area (Å²) in [6.45, 7) is 12.8. The molecule has 0 spiro atoms. The van der Waals surface area contributed by atoms with Crippen molar-refractivity contribution in [2.24, 2.45) is 5.92 Å². The van der Waals surface area contributed by atoms with E-state index < -0.39 is 23.5 Å². The number of halogens is 1. The van der Waals surface area contributed by atoms with E-state index in [1.54, 1.807) is 0 Å². The molecule has 0 radical (unpaired) electrons. The number of amides is 1. The van der Waals surface area contributed by atoms with Crippen LogP contribution in [0.15, 0.2) is 6.07 Å². The Bertz CT molecular complexity index is 1350. The molecule has 1 atom stereocenters. The smallest absolute Gasteiger partial charge is 0.337 e. The second kappa shape index (κ2) is 10.8. The molecule has 0 aromatic heterocycles. The number of ether oxygens (including phenoxy) is 2. The number of hydrogen-bond acceptors (Lipinski definition) is 4. The SMILES string of the molecule is Cc1c(-c2c(C)c3c(c(C)c2[C@H](OC(C)(C)C)C(=O)O)CN(C(=O)C2CCCCC2)C3)cc(F)c2c1CCCO2. The summed E-state index contributed by atoms with van der Waals surface area (Å²) in [6, 6.07) is 1.49. The largest absolute Gasteiger partial charge is 0.490 e. The van der Waals surface area contributed by atoms with Gasteiger partial charge in [0.2, 0.25) is 5.91 Å². The number of fused-ring (bicyclic) bond motifs is 2. The topological polar surface area (TPSA) is 76.1 Å². The second-order valence-corrected chi connectivity index (χ2v) is 12.8. The molecule has 1 amide bonds. The van der Waals surface area contributed by atoms with Gasteiger partial charge in [0.1, 0.15) is 0 Å². The zero-order valence-corrected chi connectivity index (χ0v) is 24.7. The van der Waals surface area contributed by atoms with E-state index in [4.69, 9.17) is 9.47 Å². The van der Waals surface area contributed by atoms with E-state index in [9.17, 15) is 14.7 Å². The highest BCUT2D eigenvalue weighted by molar-refractivity contribution is 5.87. The highest BCUT2D eigenvalue weighted by atomic mass is 19.1. The maximum Gasteiger partial charge on any atom is 0.337 e. The van der Waals surface area contributed by atoms with Gasteiger partial charge < -0.3 is 19.5 Å². The molecule has 5 rings (SSSR count). The number of carbonyl (C=O) groups is 2. The first-order chi connectivity index (χ1) is 18.9. The third kappa shape index (κ3) is 5.13. The van der Waals surface area contributed by atoms with E-state index in [0.717, 1.165) is 65.5 Å². The minimum Gasteiger partial charge on any atom is -0.490 e. The summed E-state index contributed by atoms with van der Waals surface area (Å²) >= 11 is 0. The van der Waals surface area contributed by atoms with Crippen LogP contribution in [0.25, 0.3) is 11.1 Å². The minimum atomic E-state index is -1.25. The van der Waals surface area contributed by atoms with Gasteiger partial charge in [-0.1, -0.05) is 19.3 Å². The monoisotopic (exact) mass is 551 g/mol. The van der Waals surface area contributed by atoms with Crippen LogP contribution in [0, 0.1) is 32.5 Å². The lowest BCUT2D eigenvalue weighted by Gasteiger charge is -2.31. The first-order valence-electron chi connectivity index (χ1n) is 14.7. The van der Waals surface area contributed by atoms with Crippen molar-refractivity contribution in [1.82, 2.24) is 4.90 Å². The van der Waals surface area contributed by atoms with Crippen LogP contribution in [-0.4, -0.2) is 34.1 Å². The van der Waals surface area contributed by atoms with Crippen molar-refractivity contribution in [2.45, 2.75) is 111 Å². The molecule has 216 valence electrons. The zero-order chi connectivity index (χ0) is 28.9. The summed E-state index contributed by atoms with van der Waals surface area (Å²) in [5.74, 6) is -0.987. The van der Waals surface area contributed by atoms with Gasteiger partial charge in [-0.15, -0.1) is 0 Å². The third-order valence-corrected chi connectivity index (χ3v) is 8.95. The van der Waals surface area contributed by atoms with Crippen molar-refractivity contribution in [1.29, 1.82) is 0 Å². The molecule has 0 saturated heterocycles. The molecule has 2 aromatic carbocycles. The highest BCUT2D eigenvalue weighted by Crippen LogP contribution is 2.47. The van der Waals surface area contributed by atoms with E-state index in [1.807, 2.05) is 46.4 Å². The molecule has 0 bridgehead atoms. The molecule has 2 aliphatic heterocycles. The Labute approximate surface area is 236 Å². The van der Waals surface area contributed by atoms with E-state index in [-0.39, 0.29) is 11.8 Å². The van der Waals surface area contributed by atoms with Gasteiger partial charge in [0.05, 0.1) is 12.2 Å². The fraction of sp³-hybridized carbons (Fsp3) is 0.576. The number of carbonyl (C=O) groups excluding carboxylic acids is 1. The Kier molecular flexibility index (Phi) is 7.73. The quantitative estimate of drug-likeness (QED) is 0.429. The van der Waals surface area contributed by atoms with Gasteiger partial charge in [-0.3, -0.25) is 4.79 Å². The molecular weight excluding hydrogens is 509 g/mol. The van der Waals surface area contributed by atoms with Gasteiger partial charge in [0.25, 0.3) is 0 Å². The van der Waals surface area contributed by atoms with Crippen LogP contribution >= 0.6 is 0 Å². The summed E-state index contributed by atoms with van der Waals surface area (Å²) in [5, 5.41) is 10.5. The molecule has 0 unspecified atom stereocenters. The van der Waals surface area contributed by atoms with Crippen LogP contribution in [0.3, 0.4) is 0 Å². The summed E-state index contributed by atoms with van der Waals surface area (Å²) in [4.78, 5) is 28.3. The summed E-state index contributed by atoms with van der Waals surface area (Å²) in [7, 11) is 0. The summed E-state index contributed by atoms with van der Waals surface area (Å²) in [6.07, 6.45) is 5.45. The lowest BCUT2D eigenvalue weighted by atomic mass is 9.81. The predicted molar refractivity (Wildman–Crippen MR) is 152 cm³/mol. The number of rotatable bonds is 5. The lowest BCUT2D eigenvalue weighted by molar-refractivity contribution is -0.160. The zero-order valence-electron chi connectivity index (χ0n) is 24.7. The molecule has 40 heavy (non-hydrogen) atoms. The van der Waals surface area contributed by atoms with Gasteiger partial charge in [0, 0.05) is 30.1 Å². The van der Waals surface area contributed by atoms with Crippen molar-refractivity contribution in [3.63, 3.8) is 0 Å². The molecule has 1 aliphatic carbocycles. The number of hydrogen-bond donors (Lipinski definition) is 1. The normalized spacial score (nSPS) is 18.2. The van der Waals surface area contributed by atoms with Gasteiger partial charge in [0.15, 0.2) is 17.7 Å². The Morgan fingerprint density at radius 2 is 1.65 bits per heavy atom. The lowest BCUT2D eigenvalue weighted by Crippen LogP contribution is -2.33. The molecule has 2 aromatic rings. The fourth-order valence-corrected chi connectivity index (χ4v) is 6.96. The fourth-order valence-electron chi connectivity index (χ4n) is 6.96. The highest BCUT2D eigenvalue weighted by Gasteiger charge is 2.38. The molecule has 6 nitrogen and oxygen atoms in total. The maximum absolute atomic E-state index is 15.5. The number of carboxylic acid groups (broad SMARTS) is 1. The number of carboxylic acids is 1. The molecular formula is C33H42FNO5.